The number of hydrogen-bond donors (Lipinski definition) is 0. The van der Waals surface area contributed by atoms with Gasteiger partial charge < -0.3 is 0 Å². The van der Waals surface area contributed by atoms with Gasteiger partial charge >= 0.3 is 63.3 Å². The number of halogens is 1. The second kappa shape index (κ2) is 2.59. The molecular weight excluding hydrogens is 216 g/mol. The zero-order valence-corrected chi connectivity index (χ0v) is 6.18. The molecule has 0 aliphatic rings. The average Bonchev–Trinajstić information content (AvgIpc) is 1.77. The van der Waals surface area contributed by atoms with Gasteiger partial charge in [0.2, 0.25) is 0 Å². The molecule has 1 aromatic heterocycles. The van der Waals surface area contributed by atoms with E-state index >= 15 is 0 Å². The van der Waals surface area contributed by atoms with Gasteiger partial charge in [0, 0.05) is 0 Å². The van der Waals surface area contributed by atoms with Crippen molar-refractivity contribution in [2.45, 2.75) is 0 Å². The van der Waals surface area contributed by atoms with Gasteiger partial charge in [-0.2, -0.15) is 0 Å². The molecule has 3 heteroatoms. The number of rotatable bonds is 0. The molecule has 0 aliphatic heterocycles. The van der Waals surface area contributed by atoms with E-state index in [4.69, 9.17) is 11.6 Å². The van der Waals surface area contributed by atoms with E-state index in [1.807, 2.05) is 0 Å². The molecule has 44 valence electrons. The van der Waals surface area contributed by atoms with Crippen LogP contribution in [0.5, 0.6) is 0 Å². The maximum absolute atomic E-state index is 5.61. The van der Waals surface area contributed by atoms with Gasteiger partial charge in [0.25, 0.3) is 0 Å². The summed E-state index contributed by atoms with van der Waals surface area (Å²) < 4.78 is 0.733. The topological polar surface area (TPSA) is 12.9 Å². The molecular formula is C5H3ClNPd+. The predicted molar refractivity (Wildman–Crippen MR) is 28.9 cm³/mol. The Morgan fingerprint density at radius 1 is 1.62 bits per heavy atom. The number of pyridine rings is 1. The summed E-state index contributed by atoms with van der Waals surface area (Å²) in [7, 11) is 0. The molecule has 0 unspecified atom stereocenters. The van der Waals surface area contributed by atoms with E-state index in [1.54, 1.807) is 18.3 Å². The van der Waals surface area contributed by atoms with Gasteiger partial charge in [-0.15, -0.1) is 0 Å². The zero-order chi connectivity index (χ0) is 5.98. The van der Waals surface area contributed by atoms with Crippen LogP contribution in [0.25, 0.3) is 0 Å². The summed E-state index contributed by atoms with van der Waals surface area (Å²) in [4.78, 5) is 3.88. The minimum atomic E-state index is 0.663. The molecule has 1 aromatic rings. The molecule has 0 saturated carbocycles. The molecule has 0 N–H and O–H groups in total. The Kier molecular flexibility index (Phi) is 2.02. The van der Waals surface area contributed by atoms with Crippen molar-refractivity contribution in [3.63, 3.8) is 0 Å². The van der Waals surface area contributed by atoms with Crippen molar-refractivity contribution in [3.8, 4) is 0 Å². The Hall–Kier alpha value is 0.102. The van der Waals surface area contributed by atoms with Gasteiger partial charge in [-0.1, -0.05) is 0 Å². The second-order valence-electron chi connectivity index (χ2n) is 1.25. The monoisotopic (exact) mass is 218 g/mol. The van der Waals surface area contributed by atoms with Gasteiger partial charge in [0.05, 0.1) is 0 Å². The fourth-order valence-electron chi connectivity index (χ4n) is 0.357. The Morgan fingerprint density at radius 2 is 2.38 bits per heavy atom. The molecule has 0 saturated heterocycles. The van der Waals surface area contributed by atoms with E-state index in [0.29, 0.717) is 5.02 Å². The van der Waals surface area contributed by atoms with Crippen molar-refractivity contribution in [1.29, 1.82) is 0 Å². The summed E-state index contributed by atoms with van der Waals surface area (Å²) in [5.41, 5.74) is 0. The Bertz CT molecular complexity index is 169. The third-order valence-corrected chi connectivity index (χ3v) is 1.83. The van der Waals surface area contributed by atoms with E-state index in [0.717, 1.165) is 4.17 Å². The maximum atomic E-state index is 5.61. The quantitative estimate of drug-likeness (QED) is 0.591. The molecule has 0 bridgehead atoms. The molecule has 1 nitrogen and oxygen atoms in total. The fourth-order valence-corrected chi connectivity index (χ4v) is 0.724. The molecule has 0 radical (unpaired) electrons. The van der Waals surface area contributed by atoms with E-state index in [1.165, 1.54) is 0 Å². The van der Waals surface area contributed by atoms with Crippen LogP contribution < -0.4 is 4.17 Å². The van der Waals surface area contributed by atoms with E-state index < -0.39 is 0 Å². The molecule has 0 aromatic carbocycles. The normalized spacial score (nSPS) is 9.38. The second-order valence-corrected chi connectivity index (χ2v) is 2.39. The standard InChI is InChI=1S/C5H3ClN.Pd/c6-5-2-1-3-7-4-5;/h1-3H;/q;+1. The van der Waals surface area contributed by atoms with Gasteiger partial charge in [0.15, 0.2) is 0 Å². The summed E-state index contributed by atoms with van der Waals surface area (Å²) in [5, 5.41) is 0.663. The Morgan fingerprint density at radius 3 is 2.75 bits per heavy atom. The zero-order valence-electron chi connectivity index (χ0n) is 3.87. The van der Waals surface area contributed by atoms with Crippen molar-refractivity contribution >= 4 is 15.8 Å². The van der Waals surface area contributed by atoms with Crippen LogP contribution in [0.4, 0.5) is 0 Å². The van der Waals surface area contributed by atoms with Gasteiger partial charge in [-0.3, -0.25) is 0 Å². The van der Waals surface area contributed by atoms with Crippen LogP contribution in [0.2, 0.25) is 5.02 Å². The number of hydrogen-bond acceptors (Lipinski definition) is 1. The molecule has 0 aliphatic carbocycles. The van der Waals surface area contributed by atoms with E-state index in [2.05, 4.69) is 24.2 Å². The van der Waals surface area contributed by atoms with Crippen LogP contribution in [0.1, 0.15) is 0 Å². The van der Waals surface area contributed by atoms with Crippen molar-refractivity contribution in [2.24, 2.45) is 0 Å². The first kappa shape index (κ1) is 6.23. The van der Waals surface area contributed by atoms with E-state index in [-0.39, 0.29) is 0 Å². The van der Waals surface area contributed by atoms with Gasteiger partial charge in [-0.05, 0) is 0 Å². The van der Waals surface area contributed by atoms with Crippen molar-refractivity contribution in [1.82, 2.24) is 4.98 Å². The molecule has 0 amide bonds. The first-order valence-electron chi connectivity index (χ1n) is 2.03. The Labute approximate surface area is 63.5 Å². The molecule has 0 fully saturated rings. The van der Waals surface area contributed by atoms with Crippen molar-refractivity contribution < 1.29 is 19.2 Å². The SMILES string of the molecule is Clc1cccn[c]1[Pd+]. The fraction of sp³-hybridized carbons (Fsp3) is 0. The van der Waals surface area contributed by atoms with Crippen LogP contribution >= 0.6 is 11.6 Å². The van der Waals surface area contributed by atoms with Gasteiger partial charge in [0.1, 0.15) is 0 Å². The molecule has 0 spiro atoms. The van der Waals surface area contributed by atoms with Crippen LogP contribution in [0, 0.1) is 0 Å². The van der Waals surface area contributed by atoms with Crippen molar-refractivity contribution in [2.75, 3.05) is 0 Å². The molecule has 8 heavy (non-hydrogen) atoms. The summed E-state index contributed by atoms with van der Waals surface area (Å²) in [6, 6.07) is 3.58. The average molecular weight is 219 g/mol. The number of aromatic nitrogens is 1. The van der Waals surface area contributed by atoms with Crippen LogP contribution in [-0.4, -0.2) is 4.98 Å². The predicted octanol–water partition coefficient (Wildman–Crippen LogP) is 0.907. The van der Waals surface area contributed by atoms with E-state index in [9.17, 15) is 0 Å². The number of nitrogens with zero attached hydrogens (tertiary/aromatic N) is 1. The first-order valence-corrected chi connectivity index (χ1v) is 3.19. The summed E-state index contributed by atoms with van der Waals surface area (Å²) in [6.45, 7) is 0. The van der Waals surface area contributed by atoms with Gasteiger partial charge in [-0.25, -0.2) is 0 Å². The molecule has 0 atom stereocenters. The molecule has 1 heterocycles. The first-order chi connectivity index (χ1) is 3.80. The van der Waals surface area contributed by atoms with Crippen LogP contribution in [0.15, 0.2) is 18.3 Å². The summed E-state index contributed by atoms with van der Waals surface area (Å²) in [5.74, 6) is 0. The van der Waals surface area contributed by atoms with Crippen LogP contribution in [-0.2, 0) is 19.2 Å². The molecule has 1 rings (SSSR count). The third kappa shape index (κ3) is 1.29. The van der Waals surface area contributed by atoms with Crippen molar-refractivity contribution in [3.05, 3.63) is 23.4 Å². The minimum absolute atomic E-state index is 0.663. The Balaban J connectivity index is 3.13. The van der Waals surface area contributed by atoms with Crippen LogP contribution in [0.3, 0.4) is 0 Å². The summed E-state index contributed by atoms with van der Waals surface area (Å²) >= 11 is 8.51. The third-order valence-electron chi connectivity index (χ3n) is 0.691. The summed E-state index contributed by atoms with van der Waals surface area (Å²) in [6.07, 6.45) is 1.69.